The molecule has 24 heavy (non-hydrogen) atoms. The molecular formula is C16H18N4O3S. The maximum Gasteiger partial charge on any atom is 0.293 e. The van der Waals surface area contributed by atoms with E-state index in [0.29, 0.717) is 25.5 Å². The molecule has 1 aromatic heterocycles. The van der Waals surface area contributed by atoms with Gasteiger partial charge in [-0.05, 0) is 18.1 Å². The van der Waals surface area contributed by atoms with Gasteiger partial charge in [-0.15, -0.1) is 0 Å². The van der Waals surface area contributed by atoms with E-state index >= 15 is 0 Å². The Kier molecular flexibility index (Phi) is 3.38. The number of benzene rings is 1. The van der Waals surface area contributed by atoms with Gasteiger partial charge in [0.25, 0.3) is 5.56 Å². The zero-order valence-electron chi connectivity index (χ0n) is 13.3. The van der Waals surface area contributed by atoms with Crippen molar-refractivity contribution in [1.82, 2.24) is 9.55 Å². The van der Waals surface area contributed by atoms with E-state index in [-0.39, 0.29) is 5.56 Å². The number of hydrogen-bond acceptors (Lipinski definition) is 5. The van der Waals surface area contributed by atoms with Crippen molar-refractivity contribution in [3.05, 3.63) is 52.6 Å². The van der Waals surface area contributed by atoms with Crippen LogP contribution in [0.5, 0.6) is 0 Å². The number of fused-ring (bicyclic) bond motifs is 1. The number of aromatic nitrogens is 2. The molecule has 2 aromatic rings. The second-order valence-corrected chi connectivity index (χ2v) is 8.33. The fraction of sp³-hybridized carbons (Fsp3) is 0.375. The minimum Gasteiger partial charge on any atom is -0.349 e. The van der Waals surface area contributed by atoms with Gasteiger partial charge < -0.3 is 9.47 Å². The van der Waals surface area contributed by atoms with Crippen LogP contribution in [0.25, 0.3) is 0 Å². The zero-order chi connectivity index (χ0) is 16.9. The maximum absolute atomic E-state index is 12.9. The lowest BCUT2D eigenvalue weighted by Gasteiger charge is -2.40. The molecule has 1 aromatic carbocycles. The normalized spacial score (nSPS) is 17.7. The Morgan fingerprint density at radius 3 is 2.75 bits per heavy atom. The SMILES string of the molecule is Cn1ccnc(N2CC(S(=O)(=O)N3CCc4ccccc43)C2)c1=O. The lowest BCUT2D eigenvalue weighted by molar-refractivity contribution is 0.533. The number of aryl methyl sites for hydroxylation is 1. The Bertz CT molecular complexity index is 948. The summed E-state index contributed by atoms with van der Waals surface area (Å²) in [5, 5.41) is -0.504. The van der Waals surface area contributed by atoms with Gasteiger partial charge in [-0.2, -0.15) is 0 Å². The van der Waals surface area contributed by atoms with Crippen LogP contribution in [0, 0.1) is 0 Å². The Labute approximate surface area is 140 Å². The number of sulfonamides is 1. The summed E-state index contributed by atoms with van der Waals surface area (Å²) in [7, 11) is -1.77. The number of para-hydroxylation sites is 1. The first kappa shape index (κ1) is 15.2. The molecule has 0 bridgehead atoms. The third kappa shape index (κ3) is 2.21. The van der Waals surface area contributed by atoms with Crippen LogP contribution in [-0.2, 0) is 23.5 Å². The highest BCUT2D eigenvalue weighted by atomic mass is 32.2. The molecule has 0 saturated carbocycles. The van der Waals surface area contributed by atoms with Gasteiger partial charge in [0.15, 0.2) is 5.82 Å². The van der Waals surface area contributed by atoms with Crippen molar-refractivity contribution in [2.45, 2.75) is 11.7 Å². The number of hydrogen-bond donors (Lipinski definition) is 0. The minimum atomic E-state index is -3.42. The first-order valence-electron chi connectivity index (χ1n) is 7.84. The third-order valence-corrected chi connectivity index (χ3v) is 6.85. The Balaban J connectivity index is 1.55. The molecule has 0 N–H and O–H groups in total. The van der Waals surface area contributed by atoms with Gasteiger partial charge in [0.05, 0.1) is 5.69 Å². The van der Waals surface area contributed by atoms with Crippen LogP contribution in [0.1, 0.15) is 5.56 Å². The second kappa shape index (κ2) is 5.34. The van der Waals surface area contributed by atoms with Crippen LogP contribution in [-0.4, -0.2) is 42.9 Å². The highest BCUT2D eigenvalue weighted by molar-refractivity contribution is 7.93. The number of rotatable bonds is 3. The van der Waals surface area contributed by atoms with E-state index in [2.05, 4.69) is 4.98 Å². The highest BCUT2D eigenvalue weighted by Gasteiger charge is 2.43. The van der Waals surface area contributed by atoms with E-state index in [1.807, 2.05) is 24.3 Å². The molecule has 3 heterocycles. The van der Waals surface area contributed by atoms with Gasteiger partial charge in [-0.3, -0.25) is 9.10 Å². The lowest BCUT2D eigenvalue weighted by atomic mass is 10.2. The summed E-state index contributed by atoms with van der Waals surface area (Å²) >= 11 is 0. The molecule has 0 amide bonds. The van der Waals surface area contributed by atoms with Crippen molar-refractivity contribution in [3.8, 4) is 0 Å². The van der Waals surface area contributed by atoms with Crippen LogP contribution in [0.4, 0.5) is 11.5 Å². The summed E-state index contributed by atoms with van der Waals surface area (Å²) < 4.78 is 28.8. The maximum atomic E-state index is 12.9. The molecule has 2 aliphatic heterocycles. The summed E-state index contributed by atoms with van der Waals surface area (Å²) in [6.07, 6.45) is 3.88. The molecular weight excluding hydrogens is 328 g/mol. The van der Waals surface area contributed by atoms with E-state index in [9.17, 15) is 13.2 Å². The first-order valence-corrected chi connectivity index (χ1v) is 9.35. The van der Waals surface area contributed by atoms with Crippen LogP contribution in [0.15, 0.2) is 41.5 Å². The smallest absolute Gasteiger partial charge is 0.293 e. The summed E-state index contributed by atoms with van der Waals surface area (Å²) in [5.74, 6) is 0.313. The molecule has 2 aliphatic rings. The van der Waals surface area contributed by atoms with Gasteiger partial charge in [0.2, 0.25) is 10.0 Å². The predicted octanol–water partition coefficient (Wildman–Crippen LogP) is 0.361. The van der Waals surface area contributed by atoms with Crippen molar-refractivity contribution in [1.29, 1.82) is 0 Å². The molecule has 1 fully saturated rings. The topological polar surface area (TPSA) is 75.5 Å². The van der Waals surface area contributed by atoms with Crippen molar-refractivity contribution >= 4 is 21.5 Å². The summed E-state index contributed by atoms with van der Waals surface area (Å²) in [6, 6.07) is 7.61. The fourth-order valence-electron chi connectivity index (χ4n) is 3.25. The summed E-state index contributed by atoms with van der Waals surface area (Å²) in [6.45, 7) is 1.09. The van der Waals surface area contributed by atoms with Gasteiger partial charge in [-0.1, -0.05) is 18.2 Å². The van der Waals surface area contributed by atoms with Crippen LogP contribution >= 0.6 is 0 Å². The van der Waals surface area contributed by atoms with Gasteiger partial charge in [-0.25, -0.2) is 13.4 Å². The highest BCUT2D eigenvalue weighted by Crippen LogP contribution is 2.33. The third-order valence-electron chi connectivity index (χ3n) is 4.72. The molecule has 7 nitrogen and oxygen atoms in total. The monoisotopic (exact) mass is 346 g/mol. The van der Waals surface area contributed by atoms with E-state index in [4.69, 9.17) is 0 Å². The molecule has 126 valence electrons. The lowest BCUT2D eigenvalue weighted by Crippen LogP contribution is -2.59. The Morgan fingerprint density at radius 1 is 1.21 bits per heavy atom. The number of anilines is 2. The summed E-state index contributed by atoms with van der Waals surface area (Å²) in [5.41, 5.74) is 1.64. The van der Waals surface area contributed by atoms with Gasteiger partial charge >= 0.3 is 0 Å². The van der Waals surface area contributed by atoms with Gasteiger partial charge in [0.1, 0.15) is 5.25 Å². The van der Waals surface area contributed by atoms with Gasteiger partial charge in [0, 0.05) is 39.1 Å². The number of nitrogens with zero attached hydrogens (tertiary/aromatic N) is 4. The van der Waals surface area contributed by atoms with E-state index in [0.717, 1.165) is 17.7 Å². The van der Waals surface area contributed by atoms with E-state index in [1.54, 1.807) is 24.3 Å². The molecule has 1 saturated heterocycles. The van der Waals surface area contributed by atoms with E-state index in [1.165, 1.54) is 8.87 Å². The molecule has 8 heteroatoms. The molecule has 0 aliphatic carbocycles. The van der Waals surface area contributed by atoms with Crippen LogP contribution in [0.2, 0.25) is 0 Å². The fourth-order valence-corrected chi connectivity index (χ4v) is 5.15. The van der Waals surface area contributed by atoms with Crippen LogP contribution in [0.3, 0.4) is 0 Å². The summed E-state index contributed by atoms with van der Waals surface area (Å²) in [4.78, 5) is 17.9. The zero-order valence-corrected chi connectivity index (χ0v) is 14.1. The second-order valence-electron chi connectivity index (χ2n) is 6.19. The minimum absolute atomic E-state index is 0.208. The van der Waals surface area contributed by atoms with Crippen molar-refractivity contribution < 1.29 is 8.42 Å². The van der Waals surface area contributed by atoms with Crippen molar-refractivity contribution in [3.63, 3.8) is 0 Å². The van der Waals surface area contributed by atoms with Crippen molar-refractivity contribution in [2.24, 2.45) is 7.05 Å². The molecule has 0 spiro atoms. The van der Waals surface area contributed by atoms with Crippen LogP contribution < -0.4 is 14.8 Å². The van der Waals surface area contributed by atoms with E-state index < -0.39 is 15.3 Å². The molecule has 0 unspecified atom stereocenters. The predicted molar refractivity (Wildman–Crippen MR) is 91.9 cm³/mol. The average Bonchev–Trinajstić information content (AvgIpc) is 2.94. The Hall–Kier alpha value is -2.35. The quantitative estimate of drug-likeness (QED) is 0.802. The molecule has 0 radical (unpaired) electrons. The average molecular weight is 346 g/mol. The Morgan fingerprint density at radius 2 is 1.96 bits per heavy atom. The standard InChI is InChI=1S/C16H18N4O3S/c1-18-9-7-17-15(16(18)21)19-10-13(11-19)24(22,23)20-8-6-12-4-2-3-5-14(12)20/h2-5,7,9,13H,6,8,10-11H2,1H3. The largest absolute Gasteiger partial charge is 0.349 e. The molecule has 0 atom stereocenters. The first-order chi connectivity index (χ1) is 11.5. The molecule has 4 rings (SSSR count). The van der Waals surface area contributed by atoms with Crippen molar-refractivity contribution in [2.75, 3.05) is 28.8 Å².